The second kappa shape index (κ2) is 8.27. The van der Waals surface area contributed by atoms with Gasteiger partial charge in [0, 0.05) is 12.1 Å². The molecule has 1 atom stereocenters. The number of nitro groups is 1. The summed E-state index contributed by atoms with van der Waals surface area (Å²) in [6, 6.07) is 26.8. The standard InChI is InChI=1S/C21H19NO3Si/c1-2-21(25-18-15-13-17(14-16-18)22(23)24)26(19-9-5-3-6-10-19)20-11-7-4-8-12-20/h2-16,21,26H,1H2. The van der Waals surface area contributed by atoms with Crippen LogP contribution < -0.4 is 15.1 Å². The first kappa shape index (κ1) is 17.6. The van der Waals surface area contributed by atoms with Gasteiger partial charge in [-0.05, 0) is 12.1 Å². The molecule has 0 aromatic heterocycles. The fraction of sp³-hybridized carbons (Fsp3) is 0.0476. The molecular weight excluding hydrogens is 342 g/mol. The normalized spacial score (nSPS) is 11.7. The molecule has 0 spiro atoms. The molecule has 3 aromatic rings. The fourth-order valence-electron chi connectivity index (χ4n) is 2.95. The highest BCUT2D eigenvalue weighted by molar-refractivity contribution is 6.86. The molecule has 0 bridgehead atoms. The van der Waals surface area contributed by atoms with E-state index >= 15 is 0 Å². The Labute approximate surface area is 154 Å². The van der Waals surface area contributed by atoms with E-state index in [2.05, 4.69) is 30.8 Å². The maximum atomic E-state index is 10.8. The second-order valence-electron chi connectivity index (χ2n) is 5.87. The molecule has 0 saturated heterocycles. The van der Waals surface area contributed by atoms with Gasteiger partial charge in [-0.3, -0.25) is 10.1 Å². The smallest absolute Gasteiger partial charge is 0.269 e. The van der Waals surface area contributed by atoms with Gasteiger partial charge < -0.3 is 4.74 Å². The van der Waals surface area contributed by atoms with Crippen molar-refractivity contribution in [1.82, 2.24) is 0 Å². The first-order valence-electron chi connectivity index (χ1n) is 8.32. The molecule has 0 aliphatic carbocycles. The fourth-order valence-corrected chi connectivity index (χ4v) is 5.93. The van der Waals surface area contributed by atoms with Gasteiger partial charge in [0.1, 0.15) is 11.5 Å². The van der Waals surface area contributed by atoms with Gasteiger partial charge in [0.05, 0.1) is 4.92 Å². The number of nitro benzene ring substituents is 1. The molecule has 3 aromatic carbocycles. The predicted molar refractivity (Wildman–Crippen MR) is 107 cm³/mol. The third-order valence-corrected chi connectivity index (χ3v) is 7.47. The van der Waals surface area contributed by atoms with E-state index in [0.29, 0.717) is 5.75 Å². The predicted octanol–water partition coefficient (Wildman–Crippen LogP) is 3.11. The summed E-state index contributed by atoms with van der Waals surface area (Å²) < 4.78 is 6.19. The number of rotatable bonds is 7. The molecule has 26 heavy (non-hydrogen) atoms. The van der Waals surface area contributed by atoms with Crippen molar-refractivity contribution in [1.29, 1.82) is 0 Å². The van der Waals surface area contributed by atoms with Crippen LogP contribution in [0.25, 0.3) is 0 Å². The molecule has 130 valence electrons. The van der Waals surface area contributed by atoms with Crippen LogP contribution in [0.1, 0.15) is 0 Å². The van der Waals surface area contributed by atoms with Gasteiger partial charge in [-0.15, -0.1) is 0 Å². The molecule has 5 heteroatoms. The maximum Gasteiger partial charge on any atom is 0.269 e. The van der Waals surface area contributed by atoms with E-state index in [1.54, 1.807) is 12.1 Å². The Morgan fingerprint density at radius 2 is 1.38 bits per heavy atom. The third kappa shape index (κ3) is 4.07. The van der Waals surface area contributed by atoms with E-state index in [-0.39, 0.29) is 11.4 Å². The zero-order valence-corrected chi connectivity index (χ0v) is 15.3. The Hall–Kier alpha value is -3.18. The summed E-state index contributed by atoms with van der Waals surface area (Å²) >= 11 is 0. The highest BCUT2D eigenvalue weighted by Crippen LogP contribution is 2.19. The SMILES string of the molecule is C=CC(Oc1ccc([N+](=O)[O-])cc1)[SiH](c1ccccc1)c1ccccc1. The van der Waals surface area contributed by atoms with Crippen molar-refractivity contribution in [2.24, 2.45) is 0 Å². The molecule has 0 radical (unpaired) electrons. The van der Waals surface area contributed by atoms with E-state index < -0.39 is 13.7 Å². The van der Waals surface area contributed by atoms with Crippen LogP contribution in [0.2, 0.25) is 0 Å². The van der Waals surface area contributed by atoms with Crippen LogP contribution in [-0.4, -0.2) is 19.4 Å². The minimum Gasteiger partial charge on any atom is -0.490 e. The van der Waals surface area contributed by atoms with Crippen LogP contribution in [-0.2, 0) is 0 Å². The van der Waals surface area contributed by atoms with E-state index in [9.17, 15) is 10.1 Å². The summed E-state index contributed by atoms with van der Waals surface area (Å²) in [6.45, 7) is 3.98. The van der Waals surface area contributed by atoms with Crippen molar-refractivity contribution in [2.75, 3.05) is 0 Å². The summed E-state index contributed by atoms with van der Waals surface area (Å²) in [5.74, 6) is 0.602. The number of nitrogens with zero attached hydrogens (tertiary/aromatic N) is 1. The topological polar surface area (TPSA) is 52.4 Å². The maximum absolute atomic E-state index is 10.8. The Balaban J connectivity index is 1.93. The van der Waals surface area contributed by atoms with E-state index in [4.69, 9.17) is 4.74 Å². The second-order valence-corrected chi connectivity index (χ2v) is 8.81. The van der Waals surface area contributed by atoms with Crippen molar-refractivity contribution in [3.8, 4) is 5.75 Å². The van der Waals surface area contributed by atoms with Crippen molar-refractivity contribution in [3.63, 3.8) is 0 Å². The zero-order valence-electron chi connectivity index (χ0n) is 14.2. The van der Waals surface area contributed by atoms with Crippen LogP contribution in [0.3, 0.4) is 0 Å². The number of non-ortho nitro benzene ring substituents is 1. The van der Waals surface area contributed by atoms with Crippen LogP contribution >= 0.6 is 0 Å². The lowest BCUT2D eigenvalue weighted by Gasteiger charge is -2.25. The number of hydrogen-bond acceptors (Lipinski definition) is 3. The molecule has 0 aliphatic rings. The Kier molecular flexibility index (Phi) is 5.61. The van der Waals surface area contributed by atoms with Gasteiger partial charge in [0.2, 0.25) is 0 Å². The van der Waals surface area contributed by atoms with Gasteiger partial charge in [-0.1, -0.05) is 83.7 Å². The summed E-state index contributed by atoms with van der Waals surface area (Å²) in [7, 11) is -1.74. The summed E-state index contributed by atoms with van der Waals surface area (Å²) in [4.78, 5) is 10.4. The molecule has 0 amide bonds. The molecule has 0 N–H and O–H groups in total. The monoisotopic (exact) mass is 361 g/mol. The van der Waals surface area contributed by atoms with E-state index in [1.165, 1.54) is 22.5 Å². The number of hydrogen-bond donors (Lipinski definition) is 0. The number of benzene rings is 3. The van der Waals surface area contributed by atoms with Crippen LogP contribution in [0.15, 0.2) is 97.6 Å². The van der Waals surface area contributed by atoms with E-state index in [0.717, 1.165) is 0 Å². The van der Waals surface area contributed by atoms with Gasteiger partial charge >= 0.3 is 0 Å². The lowest BCUT2D eigenvalue weighted by Crippen LogP contribution is -2.53. The molecule has 0 heterocycles. The molecule has 0 saturated carbocycles. The lowest BCUT2D eigenvalue weighted by atomic mass is 10.3. The Bertz CT molecular complexity index is 827. The minimum atomic E-state index is -1.74. The van der Waals surface area contributed by atoms with Gasteiger partial charge in [-0.2, -0.15) is 0 Å². The Morgan fingerprint density at radius 1 is 0.885 bits per heavy atom. The highest BCUT2D eigenvalue weighted by Gasteiger charge is 2.26. The van der Waals surface area contributed by atoms with Crippen molar-refractivity contribution in [3.05, 3.63) is 108 Å². The van der Waals surface area contributed by atoms with Crippen molar-refractivity contribution in [2.45, 2.75) is 5.73 Å². The first-order chi connectivity index (χ1) is 12.7. The summed E-state index contributed by atoms with van der Waals surface area (Å²) in [5.41, 5.74) is -0.131. The van der Waals surface area contributed by atoms with Gasteiger partial charge in [-0.25, -0.2) is 0 Å². The first-order valence-corrected chi connectivity index (χ1v) is 10.1. The highest BCUT2D eigenvalue weighted by atomic mass is 28.3. The van der Waals surface area contributed by atoms with Crippen molar-refractivity contribution >= 4 is 24.9 Å². The van der Waals surface area contributed by atoms with Gasteiger partial charge in [0.25, 0.3) is 5.69 Å². The molecule has 1 unspecified atom stereocenters. The lowest BCUT2D eigenvalue weighted by molar-refractivity contribution is -0.384. The Morgan fingerprint density at radius 3 is 1.81 bits per heavy atom. The van der Waals surface area contributed by atoms with E-state index in [1.807, 2.05) is 42.5 Å². The van der Waals surface area contributed by atoms with Crippen LogP contribution in [0, 0.1) is 10.1 Å². The number of ether oxygens (including phenoxy) is 1. The molecule has 0 aliphatic heterocycles. The average Bonchev–Trinajstić information content (AvgIpc) is 2.69. The van der Waals surface area contributed by atoms with Gasteiger partial charge in [0.15, 0.2) is 8.80 Å². The quantitative estimate of drug-likeness (QED) is 0.281. The summed E-state index contributed by atoms with van der Waals surface area (Å²) in [5, 5.41) is 13.3. The molecule has 0 fully saturated rings. The van der Waals surface area contributed by atoms with Crippen molar-refractivity contribution < 1.29 is 9.66 Å². The zero-order chi connectivity index (χ0) is 18.4. The largest absolute Gasteiger partial charge is 0.490 e. The molecule has 4 nitrogen and oxygen atoms in total. The average molecular weight is 361 g/mol. The molecular formula is C21H19NO3Si. The molecule has 3 rings (SSSR count). The minimum absolute atomic E-state index is 0.0485. The third-order valence-electron chi connectivity index (χ3n) is 4.20. The van der Waals surface area contributed by atoms with Crippen LogP contribution in [0.4, 0.5) is 5.69 Å². The summed E-state index contributed by atoms with van der Waals surface area (Å²) in [6.07, 6.45) is 1.83. The van der Waals surface area contributed by atoms with Crippen LogP contribution in [0.5, 0.6) is 5.75 Å².